The predicted molar refractivity (Wildman–Crippen MR) is 133 cm³/mol. The smallest absolute Gasteiger partial charge is 0.196 e. The Labute approximate surface area is 202 Å². The monoisotopic (exact) mass is 479 g/mol. The summed E-state index contributed by atoms with van der Waals surface area (Å²) in [6.07, 6.45) is 2.87. The minimum absolute atomic E-state index is 0.650. The number of pyridine rings is 1. The van der Waals surface area contributed by atoms with Gasteiger partial charge in [-0.25, -0.2) is 9.97 Å². The van der Waals surface area contributed by atoms with Gasteiger partial charge in [0.05, 0.1) is 29.1 Å². The highest BCUT2D eigenvalue weighted by molar-refractivity contribution is 7.99. The summed E-state index contributed by atoms with van der Waals surface area (Å²) in [6.45, 7) is 7.77. The topological polar surface area (TPSA) is 66.9 Å². The van der Waals surface area contributed by atoms with Crippen molar-refractivity contribution in [2.24, 2.45) is 5.92 Å². The Morgan fingerprint density at radius 1 is 1.24 bits per heavy atom. The molecule has 0 spiro atoms. The first-order valence-corrected chi connectivity index (χ1v) is 12.8. The molecular formula is C25H26ClN5OS. The first kappa shape index (κ1) is 21.2. The lowest BCUT2D eigenvalue weighted by atomic mass is 10.1. The van der Waals surface area contributed by atoms with Crippen molar-refractivity contribution in [3.8, 4) is 0 Å². The molecule has 2 aliphatic rings. The van der Waals surface area contributed by atoms with Crippen LogP contribution in [0.5, 0.6) is 0 Å². The van der Waals surface area contributed by atoms with Crippen LogP contribution in [-0.2, 0) is 24.2 Å². The Hall–Kier alpha value is -2.35. The summed E-state index contributed by atoms with van der Waals surface area (Å²) >= 11 is 8.33. The number of ether oxygens (including phenoxy) is 1. The van der Waals surface area contributed by atoms with E-state index in [4.69, 9.17) is 31.3 Å². The Morgan fingerprint density at radius 2 is 2.15 bits per heavy atom. The zero-order valence-corrected chi connectivity index (χ0v) is 20.4. The van der Waals surface area contributed by atoms with E-state index in [1.54, 1.807) is 11.8 Å². The molecule has 0 bridgehead atoms. The average Bonchev–Trinajstić information content (AvgIpc) is 3.40. The van der Waals surface area contributed by atoms with E-state index >= 15 is 0 Å². The van der Waals surface area contributed by atoms with Crippen molar-refractivity contribution in [1.29, 1.82) is 0 Å². The van der Waals surface area contributed by atoms with Gasteiger partial charge in [0.2, 0.25) is 0 Å². The maximum Gasteiger partial charge on any atom is 0.196 e. The second-order valence-corrected chi connectivity index (χ2v) is 10.4. The quantitative estimate of drug-likeness (QED) is 0.373. The van der Waals surface area contributed by atoms with Gasteiger partial charge in [-0.3, -0.25) is 4.98 Å². The van der Waals surface area contributed by atoms with Crippen LogP contribution in [0.15, 0.2) is 34.3 Å². The van der Waals surface area contributed by atoms with E-state index < -0.39 is 0 Å². The summed E-state index contributed by atoms with van der Waals surface area (Å²) in [4.78, 5) is 21.6. The minimum Gasteiger partial charge on any atom is -0.376 e. The number of benzene rings is 1. The lowest BCUT2D eigenvalue weighted by Crippen LogP contribution is -2.21. The Balaban J connectivity index is 1.40. The normalized spacial score (nSPS) is 18.4. The van der Waals surface area contributed by atoms with E-state index in [1.165, 1.54) is 12.0 Å². The maximum absolute atomic E-state index is 6.75. The van der Waals surface area contributed by atoms with Crippen LogP contribution in [0.1, 0.15) is 37.2 Å². The maximum atomic E-state index is 6.75. The lowest BCUT2D eigenvalue weighted by Gasteiger charge is -2.19. The lowest BCUT2D eigenvalue weighted by molar-refractivity contribution is 0.109. The van der Waals surface area contributed by atoms with Gasteiger partial charge in [-0.15, -0.1) is 0 Å². The first-order valence-electron chi connectivity index (χ1n) is 11.6. The molecule has 0 aliphatic carbocycles. The molecule has 1 atom stereocenters. The van der Waals surface area contributed by atoms with Crippen molar-refractivity contribution in [2.45, 2.75) is 49.8 Å². The van der Waals surface area contributed by atoms with Gasteiger partial charge < -0.3 is 14.6 Å². The molecule has 0 amide bonds. The molecule has 8 heteroatoms. The standard InChI is InChI=1S/C25H26ClN5OS/c1-3-18-22(26)21-23(28-18)29-25(30-24(21)31-8-6-14(2)12-31)33-17-5-4-15-10-16-13-32-9-7-19(16)27-20(15)11-17/h4-5,10-11,14H,3,6-9,12-13H2,1-2H3,(H,28,29,30)/t14-/m1/s1. The third kappa shape index (κ3) is 3.86. The van der Waals surface area contributed by atoms with Crippen molar-refractivity contribution >= 4 is 51.1 Å². The number of H-pyrrole nitrogens is 1. The average molecular weight is 480 g/mol. The molecule has 33 heavy (non-hydrogen) atoms. The molecule has 0 saturated carbocycles. The Kier molecular flexibility index (Phi) is 5.43. The highest BCUT2D eigenvalue weighted by atomic mass is 35.5. The molecule has 1 fully saturated rings. The van der Waals surface area contributed by atoms with Crippen LogP contribution in [0.3, 0.4) is 0 Å². The van der Waals surface area contributed by atoms with Crippen molar-refractivity contribution in [2.75, 3.05) is 24.6 Å². The van der Waals surface area contributed by atoms with Crippen LogP contribution >= 0.6 is 23.4 Å². The second-order valence-electron chi connectivity index (χ2n) is 9.02. The molecule has 170 valence electrons. The van der Waals surface area contributed by atoms with Crippen LogP contribution in [0, 0.1) is 5.92 Å². The molecule has 4 aromatic rings. The molecule has 6 rings (SSSR count). The van der Waals surface area contributed by atoms with E-state index in [-0.39, 0.29) is 0 Å². The summed E-state index contributed by atoms with van der Waals surface area (Å²) in [7, 11) is 0. The van der Waals surface area contributed by atoms with Crippen molar-refractivity contribution in [3.05, 3.63) is 46.2 Å². The largest absolute Gasteiger partial charge is 0.376 e. The van der Waals surface area contributed by atoms with Gasteiger partial charge in [0.25, 0.3) is 0 Å². The van der Waals surface area contributed by atoms with E-state index in [2.05, 4.69) is 48.0 Å². The molecule has 3 aromatic heterocycles. The van der Waals surface area contributed by atoms with E-state index in [9.17, 15) is 0 Å². The van der Waals surface area contributed by atoms with Crippen LogP contribution in [-0.4, -0.2) is 39.6 Å². The number of aryl methyl sites for hydroxylation is 1. The second kappa shape index (κ2) is 8.46. The fourth-order valence-electron chi connectivity index (χ4n) is 4.81. The number of aromatic amines is 1. The fourth-order valence-corrected chi connectivity index (χ4v) is 5.95. The van der Waals surface area contributed by atoms with Crippen LogP contribution in [0.25, 0.3) is 21.9 Å². The van der Waals surface area contributed by atoms with Gasteiger partial charge >= 0.3 is 0 Å². The van der Waals surface area contributed by atoms with Crippen molar-refractivity contribution in [3.63, 3.8) is 0 Å². The molecule has 1 N–H and O–H groups in total. The molecular weight excluding hydrogens is 454 g/mol. The fraction of sp³-hybridized carbons (Fsp3) is 0.400. The summed E-state index contributed by atoms with van der Waals surface area (Å²) in [5.41, 5.74) is 5.18. The summed E-state index contributed by atoms with van der Waals surface area (Å²) in [5.74, 6) is 1.60. The number of nitrogens with one attached hydrogen (secondary N) is 1. The number of fused-ring (bicyclic) bond motifs is 3. The van der Waals surface area contributed by atoms with E-state index in [0.29, 0.717) is 12.5 Å². The molecule has 1 aromatic carbocycles. The molecule has 1 saturated heterocycles. The number of nitrogens with zero attached hydrogens (tertiary/aromatic N) is 4. The van der Waals surface area contributed by atoms with Crippen LogP contribution < -0.4 is 4.90 Å². The van der Waals surface area contributed by atoms with E-state index in [0.717, 1.165) is 86.8 Å². The third-order valence-corrected chi connectivity index (χ3v) is 7.88. The zero-order valence-electron chi connectivity index (χ0n) is 18.8. The first-order chi connectivity index (χ1) is 16.1. The highest BCUT2D eigenvalue weighted by Crippen LogP contribution is 2.38. The number of rotatable bonds is 4. The Bertz CT molecular complexity index is 1370. The van der Waals surface area contributed by atoms with Gasteiger partial charge in [0.1, 0.15) is 11.5 Å². The van der Waals surface area contributed by atoms with Crippen LogP contribution in [0.4, 0.5) is 5.82 Å². The highest BCUT2D eigenvalue weighted by Gasteiger charge is 2.26. The molecule has 5 heterocycles. The zero-order chi connectivity index (χ0) is 22.5. The van der Waals surface area contributed by atoms with Crippen molar-refractivity contribution in [1.82, 2.24) is 19.9 Å². The van der Waals surface area contributed by atoms with Gasteiger partial charge in [0, 0.05) is 41.2 Å². The van der Waals surface area contributed by atoms with Crippen molar-refractivity contribution < 1.29 is 4.74 Å². The van der Waals surface area contributed by atoms with Gasteiger partial charge in [-0.2, -0.15) is 0 Å². The minimum atomic E-state index is 0.650. The number of hydrogen-bond donors (Lipinski definition) is 1. The van der Waals surface area contributed by atoms with Crippen LogP contribution in [0.2, 0.25) is 5.02 Å². The van der Waals surface area contributed by atoms with E-state index in [1.807, 2.05) is 0 Å². The Morgan fingerprint density at radius 3 is 2.97 bits per heavy atom. The third-order valence-electron chi connectivity index (χ3n) is 6.61. The van der Waals surface area contributed by atoms with Gasteiger partial charge in [0.15, 0.2) is 5.16 Å². The summed E-state index contributed by atoms with van der Waals surface area (Å²) < 4.78 is 5.58. The summed E-state index contributed by atoms with van der Waals surface area (Å²) in [6, 6.07) is 8.59. The number of anilines is 1. The molecule has 0 unspecified atom stereocenters. The SMILES string of the molecule is CCc1[nH]c2nc(Sc3ccc4cc5c(nc4c3)CCOC5)nc(N3CC[C@@H](C)C3)c2c1Cl. The van der Waals surface area contributed by atoms with Gasteiger partial charge in [-0.05, 0) is 54.3 Å². The number of aromatic nitrogens is 4. The molecule has 2 aliphatic heterocycles. The molecule has 0 radical (unpaired) electrons. The summed E-state index contributed by atoms with van der Waals surface area (Å²) in [5, 5.41) is 3.56. The predicted octanol–water partition coefficient (Wildman–Crippen LogP) is 5.79. The number of halogens is 1. The van der Waals surface area contributed by atoms with Gasteiger partial charge in [-0.1, -0.05) is 31.5 Å². The molecule has 6 nitrogen and oxygen atoms in total. The number of hydrogen-bond acceptors (Lipinski definition) is 6.